The smallest absolute Gasteiger partial charge is 0.243 e. The van der Waals surface area contributed by atoms with Crippen molar-refractivity contribution in [1.29, 1.82) is 0 Å². The van der Waals surface area contributed by atoms with Crippen molar-refractivity contribution < 1.29 is 4.79 Å². The first-order chi connectivity index (χ1) is 11.2. The maximum absolute atomic E-state index is 12.0. The minimum absolute atomic E-state index is 0.0983. The number of carbonyl (C=O) groups is 1. The highest BCUT2D eigenvalue weighted by Crippen LogP contribution is 2.22. The number of rotatable bonds is 5. The molecule has 0 aliphatic carbocycles. The van der Waals surface area contributed by atoms with E-state index in [-0.39, 0.29) is 12.5 Å². The predicted octanol–water partition coefficient (Wildman–Crippen LogP) is 3.99. The van der Waals surface area contributed by atoms with E-state index >= 15 is 0 Å². The number of nitrogens with zero attached hydrogens (tertiary/aromatic N) is 1. The summed E-state index contributed by atoms with van der Waals surface area (Å²) in [5, 5.41) is 6.53. The van der Waals surface area contributed by atoms with Gasteiger partial charge in [-0.3, -0.25) is 4.79 Å². The molecule has 0 radical (unpaired) electrons. The van der Waals surface area contributed by atoms with Crippen LogP contribution in [0.2, 0.25) is 5.02 Å². The number of halogens is 1. The van der Waals surface area contributed by atoms with Crippen LogP contribution in [0.4, 0.5) is 17.1 Å². The highest BCUT2D eigenvalue weighted by atomic mass is 35.5. The van der Waals surface area contributed by atoms with Crippen molar-refractivity contribution in [3.05, 3.63) is 53.6 Å². The SMILES string of the molecule is O=C(CNc1ccccc1Cl)Nc1ccc(N2CCCC2)cc1. The molecule has 2 aromatic carbocycles. The summed E-state index contributed by atoms with van der Waals surface area (Å²) >= 11 is 6.05. The molecule has 1 heterocycles. The Balaban J connectivity index is 1.52. The molecule has 1 aliphatic rings. The van der Waals surface area contributed by atoms with E-state index in [1.165, 1.54) is 18.5 Å². The Morgan fingerprint density at radius 1 is 1.04 bits per heavy atom. The molecule has 23 heavy (non-hydrogen) atoms. The van der Waals surface area contributed by atoms with Gasteiger partial charge in [0.25, 0.3) is 0 Å². The molecule has 1 amide bonds. The van der Waals surface area contributed by atoms with Crippen LogP contribution in [-0.4, -0.2) is 25.5 Å². The molecule has 0 saturated carbocycles. The molecule has 2 aromatic rings. The Bertz CT molecular complexity index is 666. The molecule has 2 N–H and O–H groups in total. The zero-order valence-electron chi connectivity index (χ0n) is 12.9. The van der Waals surface area contributed by atoms with Crippen LogP contribution >= 0.6 is 11.6 Å². The van der Waals surface area contributed by atoms with Gasteiger partial charge in [-0.05, 0) is 49.2 Å². The van der Waals surface area contributed by atoms with E-state index in [2.05, 4.69) is 27.7 Å². The molecule has 120 valence electrons. The van der Waals surface area contributed by atoms with E-state index in [0.717, 1.165) is 24.5 Å². The van der Waals surface area contributed by atoms with Crippen molar-refractivity contribution in [3.63, 3.8) is 0 Å². The molecule has 1 aliphatic heterocycles. The van der Waals surface area contributed by atoms with Gasteiger partial charge in [-0.15, -0.1) is 0 Å². The summed E-state index contributed by atoms with van der Waals surface area (Å²) in [5.74, 6) is -0.0983. The van der Waals surface area contributed by atoms with Crippen molar-refractivity contribution >= 4 is 34.6 Å². The van der Waals surface area contributed by atoms with Gasteiger partial charge < -0.3 is 15.5 Å². The second kappa shape index (κ2) is 7.38. The van der Waals surface area contributed by atoms with Crippen LogP contribution < -0.4 is 15.5 Å². The fraction of sp³-hybridized carbons (Fsp3) is 0.278. The van der Waals surface area contributed by atoms with E-state index in [9.17, 15) is 4.79 Å². The van der Waals surface area contributed by atoms with Crippen LogP contribution in [0.1, 0.15) is 12.8 Å². The van der Waals surface area contributed by atoms with Crippen LogP contribution in [-0.2, 0) is 4.79 Å². The van der Waals surface area contributed by atoms with Crippen LogP contribution in [0.15, 0.2) is 48.5 Å². The number of nitrogens with one attached hydrogen (secondary N) is 2. The predicted molar refractivity (Wildman–Crippen MR) is 96.5 cm³/mol. The van der Waals surface area contributed by atoms with Crippen LogP contribution in [0.3, 0.4) is 0 Å². The molecule has 0 unspecified atom stereocenters. The first kappa shape index (κ1) is 15.7. The lowest BCUT2D eigenvalue weighted by Crippen LogP contribution is -2.22. The first-order valence-electron chi connectivity index (χ1n) is 7.85. The van der Waals surface area contributed by atoms with Gasteiger partial charge in [-0.25, -0.2) is 0 Å². The summed E-state index contributed by atoms with van der Waals surface area (Å²) in [5.41, 5.74) is 2.78. The van der Waals surface area contributed by atoms with Crippen LogP contribution in [0.5, 0.6) is 0 Å². The minimum atomic E-state index is -0.0983. The topological polar surface area (TPSA) is 44.4 Å². The summed E-state index contributed by atoms with van der Waals surface area (Å²) in [6.45, 7) is 2.42. The Labute approximate surface area is 141 Å². The lowest BCUT2D eigenvalue weighted by molar-refractivity contribution is -0.114. The third-order valence-corrected chi connectivity index (χ3v) is 4.27. The fourth-order valence-corrected chi connectivity index (χ4v) is 2.92. The maximum Gasteiger partial charge on any atom is 0.243 e. The molecule has 0 spiro atoms. The largest absolute Gasteiger partial charge is 0.375 e. The van der Waals surface area contributed by atoms with Gasteiger partial charge in [0.05, 0.1) is 17.3 Å². The third kappa shape index (κ3) is 4.17. The molecule has 5 heteroatoms. The number of para-hydroxylation sites is 1. The number of anilines is 3. The zero-order chi connectivity index (χ0) is 16.1. The van der Waals surface area contributed by atoms with Gasteiger partial charge in [-0.2, -0.15) is 0 Å². The summed E-state index contributed by atoms with van der Waals surface area (Å²) < 4.78 is 0. The van der Waals surface area contributed by atoms with Crippen molar-refractivity contribution in [2.24, 2.45) is 0 Å². The van der Waals surface area contributed by atoms with Gasteiger partial charge in [0.1, 0.15) is 0 Å². The summed E-state index contributed by atoms with van der Waals surface area (Å²) in [7, 11) is 0. The van der Waals surface area contributed by atoms with Crippen LogP contribution in [0, 0.1) is 0 Å². The van der Waals surface area contributed by atoms with E-state index in [0.29, 0.717) is 5.02 Å². The summed E-state index contributed by atoms with van der Waals surface area (Å²) in [6, 6.07) is 15.4. The summed E-state index contributed by atoms with van der Waals surface area (Å²) in [6.07, 6.45) is 2.51. The van der Waals surface area contributed by atoms with Crippen molar-refractivity contribution in [1.82, 2.24) is 0 Å². The first-order valence-corrected chi connectivity index (χ1v) is 8.23. The van der Waals surface area contributed by atoms with Gasteiger partial charge in [0, 0.05) is 24.5 Å². The number of carbonyl (C=O) groups excluding carboxylic acids is 1. The molecule has 3 rings (SSSR count). The fourth-order valence-electron chi connectivity index (χ4n) is 2.72. The van der Waals surface area contributed by atoms with Crippen molar-refractivity contribution in [2.45, 2.75) is 12.8 Å². The molecular formula is C18H20ClN3O. The Morgan fingerprint density at radius 2 is 1.74 bits per heavy atom. The second-order valence-electron chi connectivity index (χ2n) is 5.62. The van der Waals surface area contributed by atoms with E-state index in [4.69, 9.17) is 11.6 Å². The Kier molecular flexibility index (Phi) is 5.03. The van der Waals surface area contributed by atoms with Gasteiger partial charge in [0.15, 0.2) is 0 Å². The lowest BCUT2D eigenvalue weighted by Gasteiger charge is -2.17. The zero-order valence-corrected chi connectivity index (χ0v) is 13.6. The average molecular weight is 330 g/mol. The quantitative estimate of drug-likeness (QED) is 0.871. The molecule has 1 fully saturated rings. The number of benzene rings is 2. The molecule has 4 nitrogen and oxygen atoms in total. The molecule has 0 bridgehead atoms. The number of hydrogen-bond donors (Lipinski definition) is 2. The monoisotopic (exact) mass is 329 g/mol. The van der Waals surface area contributed by atoms with Crippen molar-refractivity contribution in [3.8, 4) is 0 Å². The standard InChI is InChI=1S/C18H20ClN3O/c19-16-5-1-2-6-17(16)20-13-18(23)21-14-7-9-15(10-8-14)22-11-3-4-12-22/h1-2,5-10,20H,3-4,11-13H2,(H,21,23). The maximum atomic E-state index is 12.0. The second-order valence-corrected chi connectivity index (χ2v) is 6.03. The van der Waals surface area contributed by atoms with Gasteiger partial charge in [0.2, 0.25) is 5.91 Å². The number of amides is 1. The Hall–Kier alpha value is -2.20. The summed E-state index contributed by atoms with van der Waals surface area (Å²) in [4.78, 5) is 14.4. The van der Waals surface area contributed by atoms with E-state index < -0.39 is 0 Å². The molecule has 1 saturated heterocycles. The molecule has 0 aromatic heterocycles. The van der Waals surface area contributed by atoms with Crippen LogP contribution in [0.25, 0.3) is 0 Å². The third-order valence-electron chi connectivity index (χ3n) is 3.94. The molecular weight excluding hydrogens is 310 g/mol. The van der Waals surface area contributed by atoms with Gasteiger partial charge in [-0.1, -0.05) is 23.7 Å². The Morgan fingerprint density at radius 3 is 2.43 bits per heavy atom. The minimum Gasteiger partial charge on any atom is -0.375 e. The highest BCUT2D eigenvalue weighted by Gasteiger charge is 2.12. The molecule has 0 atom stereocenters. The normalized spacial score (nSPS) is 13.9. The van der Waals surface area contributed by atoms with E-state index in [1.807, 2.05) is 30.3 Å². The van der Waals surface area contributed by atoms with E-state index in [1.54, 1.807) is 6.07 Å². The van der Waals surface area contributed by atoms with Gasteiger partial charge >= 0.3 is 0 Å². The number of hydrogen-bond acceptors (Lipinski definition) is 3. The highest BCUT2D eigenvalue weighted by molar-refractivity contribution is 6.33. The lowest BCUT2D eigenvalue weighted by atomic mass is 10.2. The van der Waals surface area contributed by atoms with Crippen molar-refractivity contribution in [2.75, 3.05) is 35.2 Å². The average Bonchev–Trinajstić information content (AvgIpc) is 3.09.